The van der Waals surface area contributed by atoms with Gasteiger partial charge in [0.1, 0.15) is 0 Å². The molecule has 0 aliphatic carbocycles. The van der Waals surface area contributed by atoms with Gasteiger partial charge in [-0.2, -0.15) is 5.10 Å². The fraction of sp³-hybridized carbons (Fsp3) is 0.286. The summed E-state index contributed by atoms with van der Waals surface area (Å²) in [4.78, 5) is 11.0. The van der Waals surface area contributed by atoms with Crippen LogP contribution in [0.2, 0.25) is 0 Å². The summed E-state index contributed by atoms with van der Waals surface area (Å²) in [5.41, 5.74) is 2.73. The summed E-state index contributed by atoms with van der Waals surface area (Å²) in [5, 5.41) is 23.1. The molecule has 1 aromatic carbocycles. The first-order valence-corrected chi connectivity index (χ1v) is 6.01. The predicted molar refractivity (Wildman–Crippen MR) is 73.3 cm³/mol. The topological polar surface area (TPSA) is 84.6 Å². The SMILES string of the molecule is COc1c(-c2cc(C(=O)O)nn2C)cc(C)c(C)c1O. The van der Waals surface area contributed by atoms with E-state index in [0.29, 0.717) is 17.0 Å². The Hall–Kier alpha value is -2.50. The highest BCUT2D eigenvalue weighted by atomic mass is 16.5. The second kappa shape index (κ2) is 4.88. The molecule has 0 amide bonds. The van der Waals surface area contributed by atoms with Gasteiger partial charge in [0.05, 0.1) is 12.8 Å². The van der Waals surface area contributed by atoms with Gasteiger partial charge in [-0.1, -0.05) is 0 Å². The first-order valence-electron chi connectivity index (χ1n) is 6.01. The second-order valence-corrected chi connectivity index (χ2v) is 4.59. The number of carboxylic acid groups (broad SMARTS) is 1. The molecule has 2 rings (SSSR count). The van der Waals surface area contributed by atoms with Crippen LogP contribution in [0.15, 0.2) is 12.1 Å². The van der Waals surface area contributed by atoms with Gasteiger partial charge >= 0.3 is 5.97 Å². The maximum absolute atomic E-state index is 11.0. The lowest BCUT2D eigenvalue weighted by atomic mass is 10.0. The van der Waals surface area contributed by atoms with E-state index in [2.05, 4.69) is 5.10 Å². The Labute approximate surface area is 116 Å². The molecule has 0 bridgehead atoms. The second-order valence-electron chi connectivity index (χ2n) is 4.59. The summed E-state index contributed by atoms with van der Waals surface area (Å²) in [6.07, 6.45) is 0. The first kappa shape index (κ1) is 13.9. The van der Waals surface area contributed by atoms with Crippen LogP contribution in [0, 0.1) is 13.8 Å². The number of nitrogens with zero attached hydrogens (tertiary/aromatic N) is 2. The minimum atomic E-state index is -1.10. The molecule has 6 nitrogen and oxygen atoms in total. The summed E-state index contributed by atoms with van der Waals surface area (Å²) in [5.74, 6) is -0.729. The number of phenols is 1. The molecule has 0 aliphatic rings. The molecule has 20 heavy (non-hydrogen) atoms. The lowest BCUT2D eigenvalue weighted by Gasteiger charge is -2.14. The number of benzene rings is 1. The zero-order valence-electron chi connectivity index (χ0n) is 11.8. The molecule has 0 fully saturated rings. The van der Waals surface area contributed by atoms with Gasteiger partial charge in [-0.3, -0.25) is 4.68 Å². The lowest BCUT2D eigenvalue weighted by Crippen LogP contribution is -2.00. The monoisotopic (exact) mass is 276 g/mol. The number of hydrogen-bond acceptors (Lipinski definition) is 4. The fourth-order valence-electron chi connectivity index (χ4n) is 2.10. The number of methoxy groups -OCH3 is 1. The van der Waals surface area contributed by atoms with Gasteiger partial charge in [0, 0.05) is 12.6 Å². The molecule has 0 radical (unpaired) electrons. The molecule has 1 aromatic heterocycles. The molecule has 0 atom stereocenters. The van der Waals surface area contributed by atoms with Crippen LogP contribution in [-0.4, -0.2) is 33.1 Å². The number of hydrogen-bond donors (Lipinski definition) is 2. The summed E-state index contributed by atoms with van der Waals surface area (Å²) in [6.45, 7) is 3.66. The van der Waals surface area contributed by atoms with Crippen molar-refractivity contribution in [2.75, 3.05) is 7.11 Å². The average Bonchev–Trinajstić information content (AvgIpc) is 2.78. The van der Waals surface area contributed by atoms with Crippen LogP contribution in [0.4, 0.5) is 0 Å². The van der Waals surface area contributed by atoms with Gasteiger partial charge in [-0.15, -0.1) is 0 Å². The smallest absolute Gasteiger partial charge is 0.356 e. The number of aromatic nitrogens is 2. The Morgan fingerprint density at radius 1 is 1.35 bits per heavy atom. The molecule has 2 aromatic rings. The van der Waals surface area contributed by atoms with Gasteiger partial charge in [0.25, 0.3) is 0 Å². The van der Waals surface area contributed by atoms with Gasteiger partial charge in [-0.25, -0.2) is 4.79 Å². The lowest BCUT2D eigenvalue weighted by molar-refractivity contribution is 0.0689. The van der Waals surface area contributed by atoms with Crippen molar-refractivity contribution >= 4 is 5.97 Å². The van der Waals surface area contributed by atoms with Gasteiger partial charge in [0.15, 0.2) is 17.2 Å². The van der Waals surface area contributed by atoms with Crippen molar-refractivity contribution in [2.24, 2.45) is 7.05 Å². The third kappa shape index (κ3) is 2.09. The third-order valence-electron chi connectivity index (χ3n) is 3.35. The third-order valence-corrected chi connectivity index (χ3v) is 3.35. The minimum Gasteiger partial charge on any atom is -0.504 e. The van der Waals surface area contributed by atoms with E-state index in [1.807, 2.05) is 13.0 Å². The number of aromatic hydroxyl groups is 1. The van der Waals surface area contributed by atoms with Crippen LogP contribution < -0.4 is 4.74 Å². The van der Waals surface area contributed by atoms with Crippen LogP contribution in [0.3, 0.4) is 0 Å². The van der Waals surface area contributed by atoms with E-state index in [9.17, 15) is 9.90 Å². The Kier molecular flexibility index (Phi) is 3.40. The number of ether oxygens (including phenoxy) is 1. The summed E-state index contributed by atoms with van der Waals surface area (Å²) < 4.78 is 6.71. The summed E-state index contributed by atoms with van der Waals surface area (Å²) in [7, 11) is 3.11. The molecule has 0 unspecified atom stereocenters. The Morgan fingerprint density at radius 2 is 2.00 bits per heavy atom. The molecule has 0 saturated carbocycles. The van der Waals surface area contributed by atoms with Gasteiger partial charge in [-0.05, 0) is 37.1 Å². The molecule has 1 heterocycles. The van der Waals surface area contributed by atoms with Crippen molar-refractivity contribution in [3.8, 4) is 22.8 Å². The van der Waals surface area contributed by atoms with E-state index < -0.39 is 5.97 Å². The standard InChI is InChI=1S/C14H16N2O4/c1-7-5-9(13(20-4)12(17)8(7)2)11-6-10(14(18)19)15-16(11)3/h5-6,17H,1-4H3,(H,18,19). The quantitative estimate of drug-likeness (QED) is 0.897. The van der Waals surface area contributed by atoms with E-state index >= 15 is 0 Å². The van der Waals surface area contributed by atoms with E-state index in [4.69, 9.17) is 9.84 Å². The summed E-state index contributed by atoms with van der Waals surface area (Å²) >= 11 is 0. The zero-order valence-corrected chi connectivity index (χ0v) is 11.8. The van der Waals surface area contributed by atoms with Crippen molar-refractivity contribution < 1.29 is 19.7 Å². The fourth-order valence-corrected chi connectivity index (χ4v) is 2.10. The van der Waals surface area contributed by atoms with Crippen LogP contribution in [0.1, 0.15) is 21.6 Å². The molecule has 2 N–H and O–H groups in total. The minimum absolute atomic E-state index is 0.0535. The van der Waals surface area contributed by atoms with Crippen LogP contribution in [-0.2, 0) is 7.05 Å². The molecule has 6 heteroatoms. The highest BCUT2D eigenvalue weighted by Gasteiger charge is 2.20. The molecule has 106 valence electrons. The molecular formula is C14H16N2O4. The van der Waals surface area contributed by atoms with Crippen LogP contribution in [0.5, 0.6) is 11.5 Å². The highest BCUT2D eigenvalue weighted by molar-refractivity contribution is 5.87. The largest absolute Gasteiger partial charge is 0.504 e. The number of phenolic OH excluding ortho intramolecular Hbond substituents is 1. The van der Waals surface area contributed by atoms with E-state index in [1.165, 1.54) is 17.9 Å². The molecule has 0 spiro atoms. The van der Waals surface area contributed by atoms with Gasteiger partial charge in [0.2, 0.25) is 0 Å². The molecule has 0 saturated heterocycles. The van der Waals surface area contributed by atoms with Crippen molar-refractivity contribution in [1.82, 2.24) is 9.78 Å². The maximum Gasteiger partial charge on any atom is 0.356 e. The van der Waals surface area contributed by atoms with Crippen LogP contribution >= 0.6 is 0 Å². The predicted octanol–water partition coefficient (Wildman–Crippen LogP) is 2.12. The Morgan fingerprint density at radius 3 is 2.50 bits per heavy atom. The Balaban J connectivity index is 2.72. The van der Waals surface area contributed by atoms with Gasteiger partial charge < -0.3 is 14.9 Å². The zero-order chi connectivity index (χ0) is 15.0. The molecule has 0 aliphatic heterocycles. The van der Waals surface area contributed by atoms with Crippen molar-refractivity contribution in [3.63, 3.8) is 0 Å². The van der Waals surface area contributed by atoms with Crippen molar-refractivity contribution in [3.05, 3.63) is 29.0 Å². The number of carbonyl (C=O) groups is 1. The number of aromatic carboxylic acids is 1. The van der Waals surface area contributed by atoms with E-state index in [-0.39, 0.29) is 11.4 Å². The Bertz CT molecular complexity index is 689. The maximum atomic E-state index is 11.0. The number of rotatable bonds is 3. The summed E-state index contributed by atoms with van der Waals surface area (Å²) in [6, 6.07) is 3.30. The average molecular weight is 276 g/mol. The number of aryl methyl sites for hydroxylation is 2. The normalized spacial score (nSPS) is 10.6. The highest BCUT2D eigenvalue weighted by Crippen LogP contribution is 2.41. The first-order chi connectivity index (χ1) is 9.36. The van der Waals surface area contributed by atoms with Crippen molar-refractivity contribution in [1.29, 1.82) is 0 Å². The van der Waals surface area contributed by atoms with E-state index in [1.54, 1.807) is 14.0 Å². The van der Waals surface area contributed by atoms with Crippen molar-refractivity contribution in [2.45, 2.75) is 13.8 Å². The molecular weight excluding hydrogens is 260 g/mol. The van der Waals surface area contributed by atoms with E-state index in [0.717, 1.165) is 11.1 Å². The number of carboxylic acids is 1. The van der Waals surface area contributed by atoms with Crippen LogP contribution in [0.25, 0.3) is 11.3 Å².